The van der Waals surface area contributed by atoms with Crippen LogP contribution in [0.25, 0.3) is 5.57 Å². The van der Waals surface area contributed by atoms with Gasteiger partial charge in [0.25, 0.3) is 11.8 Å². The van der Waals surface area contributed by atoms with E-state index in [-0.39, 0.29) is 11.8 Å². The summed E-state index contributed by atoms with van der Waals surface area (Å²) in [5.41, 5.74) is 1.50. The summed E-state index contributed by atoms with van der Waals surface area (Å²) < 4.78 is 10.9. The van der Waals surface area contributed by atoms with Crippen LogP contribution in [0.2, 0.25) is 0 Å². The highest BCUT2D eigenvalue weighted by atomic mass is 32.1. The minimum atomic E-state index is -0.284. The molecular weight excluding hydrogens is 364 g/mol. The van der Waals surface area contributed by atoms with Crippen molar-refractivity contribution >= 4 is 34.4 Å². The minimum Gasteiger partial charge on any atom is -0.494 e. The van der Waals surface area contributed by atoms with Crippen molar-refractivity contribution in [3.8, 4) is 5.75 Å². The summed E-state index contributed by atoms with van der Waals surface area (Å²) in [7, 11) is 0. The Morgan fingerprint density at radius 3 is 2.44 bits per heavy atom. The Labute approximate surface area is 161 Å². The van der Waals surface area contributed by atoms with E-state index >= 15 is 0 Å². The average Bonchev–Trinajstić information content (AvgIpc) is 3.30. The molecular formula is C20H20N2O4S. The first kappa shape index (κ1) is 17.8. The highest BCUT2D eigenvalue weighted by Gasteiger charge is 2.43. The molecule has 0 N–H and O–H groups in total. The fourth-order valence-corrected chi connectivity index (χ4v) is 4.10. The van der Waals surface area contributed by atoms with E-state index in [1.165, 1.54) is 16.2 Å². The zero-order valence-electron chi connectivity index (χ0n) is 15.0. The summed E-state index contributed by atoms with van der Waals surface area (Å²) >= 11 is 1.46. The molecule has 140 valence electrons. The molecule has 27 heavy (non-hydrogen) atoms. The van der Waals surface area contributed by atoms with E-state index in [9.17, 15) is 9.59 Å². The summed E-state index contributed by atoms with van der Waals surface area (Å²) in [5.74, 6) is 0.141. The lowest BCUT2D eigenvalue weighted by Gasteiger charge is -2.29. The van der Waals surface area contributed by atoms with Crippen molar-refractivity contribution in [1.82, 2.24) is 4.90 Å². The number of benzene rings is 1. The molecule has 1 saturated heterocycles. The first-order valence-electron chi connectivity index (χ1n) is 8.93. The highest BCUT2D eigenvalue weighted by molar-refractivity contribution is 7.11. The maximum atomic E-state index is 13.3. The van der Waals surface area contributed by atoms with E-state index in [1.54, 1.807) is 24.3 Å². The molecule has 6 nitrogen and oxygen atoms in total. The van der Waals surface area contributed by atoms with E-state index < -0.39 is 0 Å². The molecule has 2 aliphatic rings. The summed E-state index contributed by atoms with van der Waals surface area (Å²) in [6.07, 6.45) is 0. The highest BCUT2D eigenvalue weighted by Crippen LogP contribution is 2.37. The topological polar surface area (TPSA) is 59.1 Å². The summed E-state index contributed by atoms with van der Waals surface area (Å²) in [6.45, 7) is 4.76. The summed E-state index contributed by atoms with van der Waals surface area (Å²) in [6, 6.07) is 10.8. The van der Waals surface area contributed by atoms with Gasteiger partial charge in [0.2, 0.25) is 0 Å². The predicted octanol–water partition coefficient (Wildman–Crippen LogP) is 2.76. The van der Waals surface area contributed by atoms with Crippen LogP contribution in [0.4, 0.5) is 5.69 Å². The Bertz CT molecular complexity index is 868. The van der Waals surface area contributed by atoms with Crippen LogP contribution in [0.3, 0.4) is 0 Å². The SMILES string of the molecule is CCOc1ccc(N2C(=O)C(c3cccs3)=C(N3CCOCC3)C2=O)cc1. The third kappa shape index (κ3) is 3.24. The maximum Gasteiger partial charge on any atom is 0.282 e. The lowest BCUT2D eigenvalue weighted by molar-refractivity contribution is -0.121. The Hall–Kier alpha value is -2.64. The maximum absolute atomic E-state index is 13.3. The monoisotopic (exact) mass is 384 g/mol. The van der Waals surface area contributed by atoms with Crippen molar-refractivity contribution in [2.45, 2.75) is 6.92 Å². The molecule has 1 aromatic carbocycles. The fourth-order valence-electron chi connectivity index (χ4n) is 3.33. The fraction of sp³-hybridized carbons (Fsp3) is 0.300. The van der Waals surface area contributed by atoms with Gasteiger partial charge in [-0.3, -0.25) is 9.59 Å². The van der Waals surface area contributed by atoms with Gasteiger partial charge in [-0.25, -0.2) is 4.90 Å². The van der Waals surface area contributed by atoms with Crippen molar-refractivity contribution in [3.05, 3.63) is 52.4 Å². The van der Waals surface area contributed by atoms with Crippen LogP contribution >= 0.6 is 11.3 Å². The molecule has 0 saturated carbocycles. The van der Waals surface area contributed by atoms with Crippen LogP contribution < -0.4 is 9.64 Å². The van der Waals surface area contributed by atoms with Crippen LogP contribution in [-0.4, -0.2) is 49.6 Å². The van der Waals surface area contributed by atoms with Gasteiger partial charge in [-0.1, -0.05) is 6.07 Å². The first-order valence-corrected chi connectivity index (χ1v) is 9.81. The quantitative estimate of drug-likeness (QED) is 0.742. The number of amides is 2. The standard InChI is InChI=1S/C20H20N2O4S/c1-2-26-15-7-5-14(6-8-15)22-19(23)17(16-4-3-13-27-16)18(20(22)24)21-9-11-25-12-10-21/h3-8,13H,2,9-12H2,1H3. The largest absolute Gasteiger partial charge is 0.494 e. The molecule has 2 aliphatic heterocycles. The van der Waals surface area contributed by atoms with Crippen LogP contribution in [0.15, 0.2) is 47.5 Å². The van der Waals surface area contributed by atoms with Crippen molar-refractivity contribution < 1.29 is 19.1 Å². The minimum absolute atomic E-state index is 0.283. The van der Waals surface area contributed by atoms with Gasteiger partial charge >= 0.3 is 0 Å². The van der Waals surface area contributed by atoms with E-state index in [4.69, 9.17) is 9.47 Å². The molecule has 0 spiro atoms. The second-order valence-electron chi connectivity index (χ2n) is 6.17. The van der Waals surface area contributed by atoms with Crippen molar-refractivity contribution in [1.29, 1.82) is 0 Å². The van der Waals surface area contributed by atoms with E-state index in [0.717, 1.165) is 4.88 Å². The van der Waals surface area contributed by atoms with Crippen LogP contribution in [0.5, 0.6) is 5.75 Å². The molecule has 7 heteroatoms. The lowest BCUT2D eigenvalue weighted by Crippen LogP contribution is -2.40. The molecule has 3 heterocycles. The van der Waals surface area contributed by atoms with Crippen LogP contribution in [0, 0.1) is 0 Å². The molecule has 2 amide bonds. The molecule has 1 aromatic heterocycles. The number of anilines is 1. The number of morpholine rings is 1. The number of nitrogens with zero attached hydrogens (tertiary/aromatic N) is 2. The van der Waals surface area contributed by atoms with Gasteiger partial charge in [-0.05, 0) is 42.6 Å². The Balaban J connectivity index is 1.73. The third-order valence-corrected chi connectivity index (χ3v) is 5.45. The average molecular weight is 384 g/mol. The summed E-state index contributed by atoms with van der Waals surface area (Å²) in [4.78, 5) is 30.5. The Kier molecular flexibility index (Phi) is 4.96. The number of hydrogen-bond donors (Lipinski definition) is 0. The number of thiophene rings is 1. The van der Waals surface area contributed by atoms with Crippen LogP contribution in [0.1, 0.15) is 11.8 Å². The molecule has 0 atom stereocenters. The number of hydrogen-bond acceptors (Lipinski definition) is 6. The van der Waals surface area contributed by atoms with Crippen molar-refractivity contribution in [3.63, 3.8) is 0 Å². The molecule has 4 rings (SSSR count). The van der Waals surface area contributed by atoms with E-state index in [0.29, 0.717) is 55.6 Å². The van der Waals surface area contributed by atoms with Gasteiger partial charge in [-0.15, -0.1) is 11.3 Å². The zero-order chi connectivity index (χ0) is 18.8. The zero-order valence-corrected chi connectivity index (χ0v) is 15.8. The number of rotatable bonds is 5. The second-order valence-corrected chi connectivity index (χ2v) is 7.12. The Morgan fingerprint density at radius 1 is 1.07 bits per heavy atom. The predicted molar refractivity (Wildman–Crippen MR) is 104 cm³/mol. The van der Waals surface area contributed by atoms with E-state index in [2.05, 4.69) is 0 Å². The molecule has 0 aliphatic carbocycles. The molecule has 2 aromatic rings. The number of carbonyl (C=O) groups excluding carboxylic acids is 2. The second kappa shape index (κ2) is 7.54. The third-order valence-electron chi connectivity index (χ3n) is 4.56. The molecule has 0 bridgehead atoms. The first-order chi connectivity index (χ1) is 13.2. The smallest absolute Gasteiger partial charge is 0.282 e. The van der Waals surface area contributed by atoms with Gasteiger partial charge in [0.15, 0.2) is 0 Å². The Morgan fingerprint density at radius 2 is 1.81 bits per heavy atom. The number of carbonyl (C=O) groups is 2. The molecule has 1 fully saturated rings. The molecule has 0 unspecified atom stereocenters. The van der Waals surface area contributed by atoms with Gasteiger partial charge in [0, 0.05) is 18.0 Å². The number of imide groups is 1. The van der Waals surface area contributed by atoms with Crippen molar-refractivity contribution in [2.75, 3.05) is 37.8 Å². The normalized spacial score (nSPS) is 17.8. The number of ether oxygens (including phenoxy) is 2. The summed E-state index contributed by atoms with van der Waals surface area (Å²) in [5, 5.41) is 1.91. The van der Waals surface area contributed by atoms with Gasteiger partial charge < -0.3 is 14.4 Å². The van der Waals surface area contributed by atoms with Crippen molar-refractivity contribution in [2.24, 2.45) is 0 Å². The lowest BCUT2D eigenvalue weighted by atomic mass is 10.1. The molecule has 0 radical (unpaired) electrons. The van der Waals surface area contributed by atoms with Gasteiger partial charge in [-0.2, -0.15) is 0 Å². The van der Waals surface area contributed by atoms with Gasteiger partial charge in [0.05, 0.1) is 31.1 Å². The van der Waals surface area contributed by atoms with Gasteiger partial charge in [0.1, 0.15) is 11.4 Å². The van der Waals surface area contributed by atoms with E-state index in [1.807, 2.05) is 29.3 Å². The van der Waals surface area contributed by atoms with Crippen LogP contribution in [-0.2, 0) is 14.3 Å².